The number of fused-ring (bicyclic) bond motifs is 1. The van der Waals surface area contributed by atoms with E-state index in [1.807, 2.05) is 71.2 Å². The Morgan fingerprint density at radius 1 is 0.969 bits per heavy atom. The van der Waals surface area contributed by atoms with Gasteiger partial charge in [-0.2, -0.15) is 10.2 Å². The molecule has 4 heterocycles. The maximum Gasteiger partial charge on any atom is 0.280 e. The zero-order valence-corrected chi connectivity index (χ0v) is 18.3. The molecule has 0 bridgehead atoms. The molecule has 1 unspecified atom stereocenters. The van der Waals surface area contributed by atoms with Gasteiger partial charge in [0.05, 0.1) is 11.4 Å². The summed E-state index contributed by atoms with van der Waals surface area (Å²) >= 11 is 0. The molecule has 3 aromatic heterocycles. The molecule has 5 rings (SSSR count). The van der Waals surface area contributed by atoms with Crippen molar-refractivity contribution >= 4 is 16.8 Å². The van der Waals surface area contributed by atoms with Gasteiger partial charge in [0.25, 0.3) is 5.56 Å². The number of amides is 1. The Morgan fingerprint density at radius 3 is 2.34 bits per heavy atom. The van der Waals surface area contributed by atoms with Crippen molar-refractivity contribution in [2.45, 2.75) is 39.2 Å². The van der Waals surface area contributed by atoms with Crippen LogP contribution in [0.4, 0.5) is 0 Å². The molecule has 4 aromatic rings. The zero-order valence-electron chi connectivity index (χ0n) is 18.3. The van der Waals surface area contributed by atoms with Crippen LogP contribution in [0.25, 0.3) is 22.4 Å². The standard InChI is InChI=1S/C24H26N6O2/c1-17-21-20(24(32)29(25-17)18(2)23(31)28-15-7-4-8-16-28)22(27-13-9-10-14-27)30(26-21)19-11-5-3-6-12-19/h3,5-6,9-14,18H,4,7-8,15-16H2,1-2H3. The number of hydrogen-bond donors (Lipinski definition) is 0. The van der Waals surface area contributed by atoms with Crippen LogP contribution in [0.15, 0.2) is 59.7 Å². The number of benzene rings is 1. The van der Waals surface area contributed by atoms with E-state index in [2.05, 4.69) is 5.10 Å². The highest BCUT2D eigenvalue weighted by Crippen LogP contribution is 2.25. The van der Waals surface area contributed by atoms with E-state index in [-0.39, 0.29) is 11.5 Å². The fourth-order valence-corrected chi connectivity index (χ4v) is 4.44. The fourth-order valence-electron chi connectivity index (χ4n) is 4.44. The number of aromatic nitrogens is 5. The van der Waals surface area contributed by atoms with Gasteiger partial charge in [-0.1, -0.05) is 18.2 Å². The zero-order chi connectivity index (χ0) is 22.2. The first kappa shape index (κ1) is 20.2. The summed E-state index contributed by atoms with van der Waals surface area (Å²) in [4.78, 5) is 28.7. The van der Waals surface area contributed by atoms with E-state index in [1.165, 1.54) is 4.68 Å². The summed E-state index contributed by atoms with van der Waals surface area (Å²) in [5.41, 5.74) is 1.68. The molecule has 1 aromatic carbocycles. The molecular weight excluding hydrogens is 404 g/mol. The molecule has 1 fully saturated rings. The van der Waals surface area contributed by atoms with Crippen LogP contribution in [0.1, 0.15) is 37.9 Å². The lowest BCUT2D eigenvalue weighted by molar-refractivity contribution is -0.135. The largest absolute Gasteiger partial charge is 0.341 e. The average Bonchev–Trinajstić information content (AvgIpc) is 3.50. The Hall–Kier alpha value is -3.68. The first-order chi connectivity index (χ1) is 15.6. The van der Waals surface area contributed by atoms with Gasteiger partial charge in [0.1, 0.15) is 16.9 Å². The number of piperidine rings is 1. The Kier molecular flexibility index (Phi) is 5.13. The minimum atomic E-state index is -0.679. The Morgan fingerprint density at radius 2 is 1.66 bits per heavy atom. The van der Waals surface area contributed by atoms with E-state index >= 15 is 0 Å². The number of rotatable bonds is 4. The molecule has 32 heavy (non-hydrogen) atoms. The lowest BCUT2D eigenvalue weighted by Crippen LogP contribution is -2.42. The molecular formula is C24H26N6O2. The van der Waals surface area contributed by atoms with Gasteiger partial charge in [0.15, 0.2) is 5.82 Å². The first-order valence-electron chi connectivity index (χ1n) is 11.1. The highest BCUT2D eigenvalue weighted by Gasteiger charge is 2.28. The van der Waals surface area contributed by atoms with Gasteiger partial charge in [-0.15, -0.1) is 0 Å². The van der Waals surface area contributed by atoms with Crippen molar-refractivity contribution in [1.29, 1.82) is 0 Å². The van der Waals surface area contributed by atoms with Gasteiger partial charge < -0.3 is 9.47 Å². The molecule has 1 aliphatic heterocycles. The van der Waals surface area contributed by atoms with Crippen LogP contribution in [0.3, 0.4) is 0 Å². The van der Waals surface area contributed by atoms with E-state index in [4.69, 9.17) is 5.10 Å². The summed E-state index contributed by atoms with van der Waals surface area (Å²) in [6.07, 6.45) is 6.91. The predicted octanol–water partition coefficient (Wildman–Crippen LogP) is 3.25. The highest BCUT2D eigenvalue weighted by atomic mass is 16.2. The topological polar surface area (TPSA) is 78.0 Å². The SMILES string of the molecule is Cc1nn(C(C)C(=O)N2CCCCC2)c(=O)c2c(-n3cccc3)n(-c3ccccc3)nc12. The molecule has 0 spiro atoms. The second-order valence-electron chi connectivity index (χ2n) is 8.28. The third kappa shape index (κ3) is 3.32. The molecule has 8 heteroatoms. The fraction of sp³-hybridized carbons (Fsp3) is 0.333. The highest BCUT2D eigenvalue weighted by molar-refractivity contribution is 5.88. The van der Waals surface area contributed by atoms with Crippen LogP contribution in [0.5, 0.6) is 0 Å². The molecule has 1 aliphatic rings. The van der Waals surface area contributed by atoms with Gasteiger partial charge in [-0.3, -0.25) is 9.59 Å². The smallest absolute Gasteiger partial charge is 0.280 e. The molecule has 164 valence electrons. The predicted molar refractivity (Wildman–Crippen MR) is 122 cm³/mol. The van der Waals surface area contributed by atoms with Crippen LogP contribution in [-0.4, -0.2) is 48.0 Å². The van der Waals surface area contributed by atoms with Gasteiger partial charge >= 0.3 is 0 Å². The maximum absolute atomic E-state index is 13.7. The van der Waals surface area contributed by atoms with Crippen molar-refractivity contribution in [3.63, 3.8) is 0 Å². The van der Waals surface area contributed by atoms with Crippen molar-refractivity contribution < 1.29 is 4.79 Å². The quantitative estimate of drug-likeness (QED) is 0.498. The molecule has 1 amide bonds. The second-order valence-corrected chi connectivity index (χ2v) is 8.28. The van der Waals surface area contributed by atoms with Crippen molar-refractivity contribution in [1.82, 2.24) is 29.0 Å². The number of nitrogens with zero attached hydrogens (tertiary/aromatic N) is 6. The lowest BCUT2D eigenvalue weighted by Gasteiger charge is -2.29. The minimum Gasteiger partial charge on any atom is -0.341 e. The molecule has 1 saturated heterocycles. The van der Waals surface area contributed by atoms with Crippen molar-refractivity contribution in [3.05, 3.63) is 70.9 Å². The lowest BCUT2D eigenvalue weighted by atomic mass is 10.1. The summed E-state index contributed by atoms with van der Waals surface area (Å²) in [5, 5.41) is 9.73. The van der Waals surface area contributed by atoms with E-state index in [0.29, 0.717) is 22.4 Å². The average molecular weight is 431 g/mol. The van der Waals surface area contributed by atoms with Crippen LogP contribution in [-0.2, 0) is 4.79 Å². The number of carbonyl (C=O) groups is 1. The van der Waals surface area contributed by atoms with Gasteiger partial charge in [0, 0.05) is 25.5 Å². The van der Waals surface area contributed by atoms with Crippen LogP contribution in [0.2, 0.25) is 0 Å². The summed E-state index contributed by atoms with van der Waals surface area (Å²) in [5.74, 6) is 0.578. The van der Waals surface area contributed by atoms with Gasteiger partial charge in [0.2, 0.25) is 5.91 Å². The molecule has 1 atom stereocenters. The van der Waals surface area contributed by atoms with Crippen molar-refractivity contribution in [2.75, 3.05) is 13.1 Å². The van der Waals surface area contributed by atoms with Gasteiger partial charge in [-0.25, -0.2) is 9.36 Å². The normalized spacial score (nSPS) is 15.2. The van der Waals surface area contributed by atoms with Gasteiger partial charge in [-0.05, 0) is 57.4 Å². The van der Waals surface area contributed by atoms with E-state index in [1.54, 1.807) is 11.6 Å². The molecule has 8 nitrogen and oxygen atoms in total. The molecule has 0 saturated carbocycles. The Balaban J connectivity index is 1.71. The van der Waals surface area contributed by atoms with E-state index in [0.717, 1.165) is 38.0 Å². The number of carbonyl (C=O) groups excluding carboxylic acids is 1. The van der Waals surface area contributed by atoms with E-state index in [9.17, 15) is 9.59 Å². The van der Waals surface area contributed by atoms with Crippen LogP contribution >= 0.6 is 0 Å². The number of para-hydroxylation sites is 1. The number of likely N-dealkylation sites (tertiary alicyclic amines) is 1. The van der Waals surface area contributed by atoms with Crippen LogP contribution in [0, 0.1) is 6.92 Å². The summed E-state index contributed by atoms with van der Waals surface area (Å²) < 4.78 is 4.98. The Labute approximate surface area is 185 Å². The summed E-state index contributed by atoms with van der Waals surface area (Å²) in [6, 6.07) is 12.8. The van der Waals surface area contributed by atoms with E-state index < -0.39 is 6.04 Å². The number of hydrogen-bond acceptors (Lipinski definition) is 4. The Bertz CT molecular complexity index is 1310. The minimum absolute atomic E-state index is 0.0592. The van der Waals surface area contributed by atoms with Crippen molar-refractivity contribution in [3.8, 4) is 11.5 Å². The third-order valence-corrected chi connectivity index (χ3v) is 6.13. The first-order valence-corrected chi connectivity index (χ1v) is 11.1. The van der Waals surface area contributed by atoms with Crippen LogP contribution < -0.4 is 5.56 Å². The molecule has 0 N–H and O–H groups in total. The van der Waals surface area contributed by atoms with Crippen molar-refractivity contribution in [2.24, 2.45) is 0 Å². The monoisotopic (exact) mass is 430 g/mol. The second kappa shape index (κ2) is 8.11. The summed E-state index contributed by atoms with van der Waals surface area (Å²) in [7, 11) is 0. The number of aryl methyl sites for hydroxylation is 1. The molecule has 0 aliphatic carbocycles. The molecule has 0 radical (unpaired) electrons. The third-order valence-electron chi connectivity index (χ3n) is 6.13. The maximum atomic E-state index is 13.7. The summed E-state index contributed by atoms with van der Waals surface area (Å²) in [6.45, 7) is 5.06.